The van der Waals surface area contributed by atoms with Crippen molar-refractivity contribution in [2.75, 3.05) is 0 Å². The maximum absolute atomic E-state index is 5.38. The SMILES string of the molecule is CCC1NC(C)CC1c1ccoc1C. The first kappa shape index (κ1) is 9.78. The van der Waals surface area contributed by atoms with Crippen LogP contribution in [0.25, 0.3) is 0 Å². The van der Waals surface area contributed by atoms with E-state index >= 15 is 0 Å². The van der Waals surface area contributed by atoms with Gasteiger partial charge in [-0.15, -0.1) is 0 Å². The molecule has 1 N–H and O–H groups in total. The summed E-state index contributed by atoms with van der Waals surface area (Å²) < 4.78 is 5.38. The Morgan fingerprint density at radius 1 is 1.57 bits per heavy atom. The Morgan fingerprint density at radius 2 is 2.36 bits per heavy atom. The molecule has 0 aliphatic carbocycles. The third kappa shape index (κ3) is 1.59. The van der Waals surface area contributed by atoms with Crippen LogP contribution in [-0.4, -0.2) is 12.1 Å². The summed E-state index contributed by atoms with van der Waals surface area (Å²) in [7, 11) is 0. The molecule has 2 rings (SSSR count). The summed E-state index contributed by atoms with van der Waals surface area (Å²) in [6.07, 6.45) is 4.23. The molecule has 2 heterocycles. The molecule has 14 heavy (non-hydrogen) atoms. The molecule has 1 aromatic rings. The van der Waals surface area contributed by atoms with Crippen LogP contribution in [0.1, 0.15) is 43.9 Å². The molecule has 1 saturated heterocycles. The normalized spacial score (nSPS) is 32.4. The highest BCUT2D eigenvalue weighted by Gasteiger charge is 2.32. The molecule has 78 valence electrons. The molecular weight excluding hydrogens is 174 g/mol. The lowest BCUT2D eigenvalue weighted by Gasteiger charge is -2.16. The molecule has 3 atom stereocenters. The van der Waals surface area contributed by atoms with Gasteiger partial charge in [0.05, 0.1) is 6.26 Å². The molecule has 1 aliphatic rings. The lowest BCUT2D eigenvalue weighted by Crippen LogP contribution is -2.28. The molecule has 1 aliphatic heterocycles. The van der Waals surface area contributed by atoms with Crippen molar-refractivity contribution in [2.24, 2.45) is 0 Å². The van der Waals surface area contributed by atoms with Crippen molar-refractivity contribution < 1.29 is 4.42 Å². The van der Waals surface area contributed by atoms with Crippen LogP contribution in [0.2, 0.25) is 0 Å². The fourth-order valence-corrected chi connectivity index (χ4v) is 2.62. The minimum Gasteiger partial charge on any atom is -0.469 e. The third-order valence-electron chi connectivity index (χ3n) is 3.33. The van der Waals surface area contributed by atoms with Gasteiger partial charge in [-0.1, -0.05) is 6.92 Å². The standard InChI is InChI=1S/C12H19NO/c1-4-12-11(7-8(2)13-12)10-5-6-14-9(10)3/h5-6,8,11-13H,4,7H2,1-3H3. The van der Waals surface area contributed by atoms with Gasteiger partial charge in [-0.25, -0.2) is 0 Å². The molecule has 2 heteroatoms. The lowest BCUT2D eigenvalue weighted by molar-refractivity contribution is 0.496. The molecular formula is C12H19NO. The molecule has 1 aromatic heterocycles. The van der Waals surface area contributed by atoms with Crippen molar-refractivity contribution in [1.82, 2.24) is 5.32 Å². The zero-order valence-electron chi connectivity index (χ0n) is 9.21. The number of aryl methyl sites for hydroxylation is 1. The predicted octanol–water partition coefficient (Wildman–Crippen LogP) is 2.83. The van der Waals surface area contributed by atoms with Crippen LogP contribution < -0.4 is 5.32 Å². The zero-order chi connectivity index (χ0) is 10.1. The zero-order valence-corrected chi connectivity index (χ0v) is 9.21. The van der Waals surface area contributed by atoms with Gasteiger partial charge in [0.25, 0.3) is 0 Å². The van der Waals surface area contributed by atoms with Crippen molar-refractivity contribution >= 4 is 0 Å². The first-order valence-electron chi connectivity index (χ1n) is 5.52. The second kappa shape index (κ2) is 3.77. The van der Waals surface area contributed by atoms with Gasteiger partial charge in [-0.2, -0.15) is 0 Å². The maximum atomic E-state index is 5.38. The van der Waals surface area contributed by atoms with E-state index in [4.69, 9.17) is 4.42 Å². The topological polar surface area (TPSA) is 25.2 Å². The highest BCUT2D eigenvalue weighted by Crippen LogP contribution is 2.34. The van der Waals surface area contributed by atoms with Crippen LogP contribution in [0.15, 0.2) is 16.7 Å². The van der Waals surface area contributed by atoms with E-state index < -0.39 is 0 Å². The van der Waals surface area contributed by atoms with Crippen molar-refractivity contribution in [2.45, 2.75) is 51.6 Å². The van der Waals surface area contributed by atoms with E-state index in [1.165, 1.54) is 18.4 Å². The van der Waals surface area contributed by atoms with Gasteiger partial charge in [0.15, 0.2) is 0 Å². The van der Waals surface area contributed by atoms with Crippen molar-refractivity contribution in [1.29, 1.82) is 0 Å². The molecule has 0 radical (unpaired) electrons. The maximum Gasteiger partial charge on any atom is 0.104 e. The molecule has 3 unspecified atom stereocenters. The van der Waals surface area contributed by atoms with E-state index in [0.29, 0.717) is 18.0 Å². The largest absolute Gasteiger partial charge is 0.469 e. The highest BCUT2D eigenvalue weighted by atomic mass is 16.3. The molecule has 0 saturated carbocycles. The predicted molar refractivity (Wildman–Crippen MR) is 57.5 cm³/mol. The van der Waals surface area contributed by atoms with Gasteiger partial charge in [-0.3, -0.25) is 0 Å². The monoisotopic (exact) mass is 193 g/mol. The van der Waals surface area contributed by atoms with Crippen molar-refractivity contribution in [3.8, 4) is 0 Å². The Hall–Kier alpha value is -0.760. The van der Waals surface area contributed by atoms with Crippen LogP contribution in [0.3, 0.4) is 0 Å². The highest BCUT2D eigenvalue weighted by molar-refractivity contribution is 5.24. The Kier molecular flexibility index (Phi) is 2.64. The number of hydrogen-bond acceptors (Lipinski definition) is 2. The first-order valence-corrected chi connectivity index (χ1v) is 5.52. The average Bonchev–Trinajstić information content (AvgIpc) is 2.71. The molecule has 2 nitrogen and oxygen atoms in total. The van der Waals surface area contributed by atoms with Crippen LogP contribution in [0.5, 0.6) is 0 Å². The fraction of sp³-hybridized carbons (Fsp3) is 0.667. The summed E-state index contributed by atoms with van der Waals surface area (Å²) in [5, 5.41) is 3.63. The molecule has 0 amide bonds. The third-order valence-corrected chi connectivity index (χ3v) is 3.33. The number of hydrogen-bond donors (Lipinski definition) is 1. The lowest BCUT2D eigenvalue weighted by atomic mass is 9.90. The van der Waals surface area contributed by atoms with E-state index in [1.807, 2.05) is 0 Å². The van der Waals surface area contributed by atoms with E-state index in [2.05, 4.69) is 32.2 Å². The number of rotatable bonds is 2. The van der Waals surface area contributed by atoms with Crippen LogP contribution in [0.4, 0.5) is 0 Å². The van der Waals surface area contributed by atoms with Crippen LogP contribution in [-0.2, 0) is 0 Å². The average molecular weight is 193 g/mol. The second-order valence-corrected chi connectivity index (χ2v) is 4.36. The van der Waals surface area contributed by atoms with Gasteiger partial charge in [0.1, 0.15) is 5.76 Å². The van der Waals surface area contributed by atoms with Crippen molar-refractivity contribution in [3.63, 3.8) is 0 Å². The summed E-state index contributed by atoms with van der Waals surface area (Å²) in [6.45, 7) is 6.57. The first-order chi connectivity index (χ1) is 6.72. The molecule has 0 spiro atoms. The molecule has 1 fully saturated rings. The van der Waals surface area contributed by atoms with Gasteiger partial charge in [0, 0.05) is 18.0 Å². The summed E-state index contributed by atoms with van der Waals surface area (Å²) in [5.74, 6) is 1.73. The molecule has 0 aromatic carbocycles. The van der Waals surface area contributed by atoms with E-state index in [-0.39, 0.29) is 0 Å². The summed E-state index contributed by atoms with van der Waals surface area (Å²) in [6, 6.07) is 3.39. The minimum absolute atomic E-state index is 0.626. The minimum atomic E-state index is 0.626. The summed E-state index contributed by atoms with van der Waals surface area (Å²) in [5.41, 5.74) is 1.40. The smallest absolute Gasteiger partial charge is 0.104 e. The van der Waals surface area contributed by atoms with Crippen LogP contribution >= 0.6 is 0 Å². The Morgan fingerprint density at radius 3 is 2.93 bits per heavy atom. The Balaban J connectivity index is 2.21. The van der Waals surface area contributed by atoms with Crippen LogP contribution in [0, 0.1) is 6.92 Å². The van der Waals surface area contributed by atoms with E-state index in [1.54, 1.807) is 6.26 Å². The quantitative estimate of drug-likeness (QED) is 0.781. The number of nitrogens with one attached hydrogen (secondary N) is 1. The molecule has 0 bridgehead atoms. The van der Waals surface area contributed by atoms with Gasteiger partial charge in [0.2, 0.25) is 0 Å². The second-order valence-electron chi connectivity index (χ2n) is 4.36. The fourth-order valence-electron chi connectivity index (χ4n) is 2.62. The van der Waals surface area contributed by atoms with Gasteiger partial charge in [-0.05, 0) is 38.3 Å². The Bertz CT molecular complexity index is 305. The number of furan rings is 1. The van der Waals surface area contributed by atoms with Gasteiger partial charge < -0.3 is 9.73 Å². The Labute approximate surface area is 85.7 Å². The summed E-state index contributed by atoms with van der Waals surface area (Å²) >= 11 is 0. The van der Waals surface area contributed by atoms with Gasteiger partial charge >= 0.3 is 0 Å². The van der Waals surface area contributed by atoms with E-state index in [0.717, 1.165) is 5.76 Å². The van der Waals surface area contributed by atoms with E-state index in [9.17, 15) is 0 Å². The summed E-state index contributed by atoms with van der Waals surface area (Å²) in [4.78, 5) is 0. The van der Waals surface area contributed by atoms with Crippen molar-refractivity contribution in [3.05, 3.63) is 23.7 Å².